The molecule has 0 aliphatic rings. The lowest BCUT2D eigenvalue weighted by Gasteiger charge is -1.99. The summed E-state index contributed by atoms with van der Waals surface area (Å²) in [5.41, 5.74) is 3.50. The largest absolute Gasteiger partial charge is 0.497 e. The second kappa shape index (κ2) is 5.77. The normalized spacial score (nSPS) is 11.1. The zero-order valence-corrected chi connectivity index (χ0v) is 13.3. The van der Waals surface area contributed by atoms with E-state index in [9.17, 15) is 0 Å². The number of aromatic nitrogens is 5. The fourth-order valence-electron chi connectivity index (χ4n) is 2.53. The monoisotopic (exact) mass is 321 g/mol. The minimum Gasteiger partial charge on any atom is -0.497 e. The van der Waals surface area contributed by atoms with Crippen molar-refractivity contribution < 1.29 is 9.26 Å². The van der Waals surface area contributed by atoms with Crippen LogP contribution in [-0.2, 0) is 6.54 Å². The highest BCUT2D eigenvalue weighted by Gasteiger charge is 2.13. The van der Waals surface area contributed by atoms with E-state index in [0.717, 1.165) is 34.5 Å². The van der Waals surface area contributed by atoms with E-state index >= 15 is 0 Å². The lowest BCUT2D eigenvalue weighted by molar-refractivity contribution is 0.414. The van der Waals surface area contributed by atoms with Gasteiger partial charge < -0.3 is 9.26 Å². The first kappa shape index (κ1) is 14.4. The van der Waals surface area contributed by atoms with Gasteiger partial charge in [0.25, 0.3) is 5.89 Å². The number of rotatable bonds is 4. The van der Waals surface area contributed by atoms with Crippen molar-refractivity contribution in [3.05, 3.63) is 42.5 Å². The first-order chi connectivity index (χ1) is 11.8. The van der Waals surface area contributed by atoms with Gasteiger partial charge in [-0.15, -0.1) is 5.10 Å². The molecule has 4 aromatic rings. The molecule has 0 aliphatic heterocycles. The predicted molar refractivity (Wildman–Crippen MR) is 88.5 cm³/mol. The van der Waals surface area contributed by atoms with Crippen LogP contribution in [0.3, 0.4) is 0 Å². The molecular formula is C17H15N5O2. The van der Waals surface area contributed by atoms with Crippen molar-refractivity contribution in [2.24, 2.45) is 0 Å². The maximum Gasteiger partial charge on any atom is 0.258 e. The van der Waals surface area contributed by atoms with Crippen molar-refractivity contribution in [2.45, 2.75) is 13.5 Å². The van der Waals surface area contributed by atoms with Gasteiger partial charge in [-0.25, -0.2) is 4.68 Å². The Morgan fingerprint density at radius 3 is 2.62 bits per heavy atom. The number of ether oxygens (including phenoxy) is 1. The molecule has 0 unspecified atom stereocenters. The van der Waals surface area contributed by atoms with Crippen LogP contribution >= 0.6 is 0 Å². The zero-order chi connectivity index (χ0) is 16.5. The predicted octanol–water partition coefficient (Wildman–Crippen LogP) is 3.18. The van der Waals surface area contributed by atoms with Crippen LogP contribution < -0.4 is 4.74 Å². The van der Waals surface area contributed by atoms with Crippen molar-refractivity contribution in [3.8, 4) is 28.6 Å². The fourth-order valence-corrected chi connectivity index (χ4v) is 2.53. The first-order valence-corrected chi connectivity index (χ1v) is 7.60. The highest BCUT2D eigenvalue weighted by Crippen LogP contribution is 2.25. The second-order valence-corrected chi connectivity index (χ2v) is 5.26. The summed E-state index contributed by atoms with van der Waals surface area (Å²) in [6.07, 6.45) is 0. The van der Waals surface area contributed by atoms with Gasteiger partial charge in [-0.05, 0) is 49.4 Å². The standard InChI is InChI=1S/C17H15N5O2/c1-3-22-15-10-12(6-9-14(15)19-21-22)16-18-17(24-20-16)11-4-7-13(23-2)8-5-11/h4-10H,3H2,1-2H3. The van der Waals surface area contributed by atoms with Crippen LogP contribution in [0.4, 0.5) is 0 Å². The molecule has 0 saturated heterocycles. The summed E-state index contributed by atoms with van der Waals surface area (Å²) >= 11 is 0. The highest BCUT2D eigenvalue weighted by atomic mass is 16.5. The highest BCUT2D eigenvalue weighted by molar-refractivity contribution is 5.80. The Kier molecular flexibility index (Phi) is 3.45. The smallest absolute Gasteiger partial charge is 0.258 e. The lowest BCUT2D eigenvalue weighted by Crippen LogP contribution is -1.96. The van der Waals surface area contributed by atoms with Crippen molar-refractivity contribution in [2.75, 3.05) is 7.11 Å². The van der Waals surface area contributed by atoms with E-state index in [0.29, 0.717) is 11.7 Å². The van der Waals surface area contributed by atoms with Crippen LogP contribution in [0.5, 0.6) is 5.75 Å². The van der Waals surface area contributed by atoms with Gasteiger partial charge in [0.2, 0.25) is 5.82 Å². The molecule has 120 valence electrons. The van der Waals surface area contributed by atoms with Gasteiger partial charge in [-0.1, -0.05) is 10.4 Å². The Morgan fingerprint density at radius 1 is 1.08 bits per heavy atom. The van der Waals surface area contributed by atoms with Crippen LogP contribution in [0, 0.1) is 0 Å². The molecule has 0 fully saturated rings. The number of benzene rings is 2. The number of hydrogen-bond donors (Lipinski definition) is 0. The Bertz CT molecular complexity index is 988. The molecular weight excluding hydrogens is 306 g/mol. The quantitative estimate of drug-likeness (QED) is 0.574. The summed E-state index contributed by atoms with van der Waals surface area (Å²) in [4.78, 5) is 4.48. The first-order valence-electron chi connectivity index (χ1n) is 7.60. The number of fused-ring (bicyclic) bond motifs is 1. The molecule has 0 aliphatic carbocycles. The van der Waals surface area contributed by atoms with Crippen LogP contribution in [0.25, 0.3) is 33.9 Å². The molecule has 2 heterocycles. The van der Waals surface area contributed by atoms with E-state index in [-0.39, 0.29) is 0 Å². The molecule has 0 bridgehead atoms. The summed E-state index contributed by atoms with van der Waals surface area (Å²) in [7, 11) is 1.63. The third-order valence-electron chi connectivity index (χ3n) is 3.83. The molecule has 0 N–H and O–H groups in total. The lowest BCUT2D eigenvalue weighted by atomic mass is 10.2. The van der Waals surface area contributed by atoms with E-state index in [2.05, 4.69) is 20.5 Å². The Hall–Kier alpha value is -3.22. The Morgan fingerprint density at radius 2 is 1.88 bits per heavy atom. The molecule has 7 heteroatoms. The average molecular weight is 321 g/mol. The van der Waals surface area contributed by atoms with Crippen molar-refractivity contribution in [1.82, 2.24) is 25.1 Å². The van der Waals surface area contributed by atoms with E-state index in [1.807, 2.05) is 54.1 Å². The molecule has 4 rings (SSSR count). The van der Waals surface area contributed by atoms with Gasteiger partial charge in [0.05, 0.1) is 12.6 Å². The minimum atomic E-state index is 0.467. The Labute approximate surface area is 137 Å². The molecule has 2 aromatic heterocycles. The molecule has 0 saturated carbocycles. The summed E-state index contributed by atoms with van der Waals surface area (Å²) in [5, 5.41) is 12.3. The van der Waals surface area contributed by atoms with Crippen LogP contribution in [0.1, 0.15) is 6.92 Å². The van der Waals surface area contributed by atoms with Gasteiger partial charge in [-0.3, -0.25) is 0 Å². The van der Waals surface area contributed by atoms with Crippen molar-refractivity contribution >= 4 is 11.0 Å². The molecule has 0 spiro atoms. The van der Waals surface area contributed by atoms with Crippen molar-refractivity contribution in [1.29, 1.82) is 0 Å². The molecule has 0 radical (unpaired) electrons. The number of nitrogens with zero attached hydrogens (tertiary/aromatic N) is 5. The molecule has 0 amide bonds. The number of methoxy groups -OCH3 is 1. The second-order valence-electron chi connectivity index (χ2n) is 5.26. The molecule has 0 atom stereocenters. The Balaban J connectivity index is 1.71. The van der Waals surface area contributed by atoms with Gasteiger partial charge in [-0.2, -0.15) is 4.98 Å². The topological polar surface area (TPSA) is 78.9 Å². The average Bonchev–Trinajstić information content (AvgIpc) is 3.28. The van der Waals surface area contributed by atoms with Crippen LogP contribution in [-0.4, -0.2) is 32.2 Å². The zero-order valence-electron chi connectivity index (χ0n) is 13.3. The van der Waals surface area contributed by atoms with Crippen LogP contribution in [0.2, 0.25) is 0 Å². The fraction of sp³-hybridized carbons (Fsp3) is 0.176. The van der Waals surface area contributed by atoms with Gasteiger partial charge in [0, 0.05) is 17.7 Å². The van der Waals surface area contributed by atoms with Gasteiger partial charge in [0.15, 0.2) is 0 Å². The minimum absolute atomic E-state index is 0.467. The number of hydrogen-bond acceptors (Lipinski definition) is 6. The third-order valence-corrected chi connectivity index (χ3v) is 3.83. The van der Waals surface area contributed by atoms with Crippen molar-refractivity contribution in [3.63, 3.8) is 0 Å². The van der Waals surface area contributed by atoms with E-state index in [4.69, 9.17) is 9.26 Å². The van der Waals surface area contributed by atoms with Gasteiger partial charge in [0.1, 0.15) is 11.3 Å². The van der Waals surface area contributed by atoms with Gasteiger partial charge >= 0.3 is 0 Å². The maximum absolute atomic E-state index is 5.39. The van der Waals surface area contributed by atoms with E-state index < -0.39 is 0 Å². The molecule has 2 aromatic carbocycles. The van der Waals surface area contributed by atoms with E-state index in [1.54, 1.807) is 7.11 Å². The number of aryl methyl sites for hydroxylation is 1. The maximum atomic E-state index is 5.39. The summed E-state index contributed by atoms with van der Waals surface area (Å²) in [6.45, 7) is 2.78. The van der Waals surface area contributed by atoms with Crippen LogP contribution in [0.15, 0.2) is 47.0 Å². The molecule has 24 heavy (non-hydrogen) atoms. The summed E-state index contributed by atoms with van der Waals surface area (Å²) < 4.78 is 12.4. The molecule has 7 nitrogen and oxygen atoms in total. The SMILES string of the molecule is CCn1nnc2ccc(-c3noc(-c4ccc(OC)cc4)n3)cc21. The van der Waals surface area contributed by atoms with E-state index in [1.165, 1.54) is 0 Å². The summed E-state index contributed by atoms with van der Waals surface area (Å²) in [6, 6.07) is 13.3. The summed E-state index contributed by atoms with van der Waals surface area (Å²) in [5.74, 6) is 1.78. The third kappa shape index (κ3) is 2.40.